The van der Waals surface area contributed by atoms with E-state index >= 15 is 0 Å². The van der Waals surface area contributed by atoms with Gasteiger partial charge in [-0.05, 0) is 42.5 Å². The molecule has 0 radical (unpaired) electrons. The third kappa shape index (κ3) is 3.36. The molecule has 110 valence electrons. The zero-order valence-electron chi connectivity index (χ0n) is 13.3. The maximum Gasteiger partial charge on any atom is 0.187 e. The molecule has 1 aliphatic heterocycles. The Bertz CT molecular complexity index is 573. The lowest BCUT2D eigenvalue weighted by atomic mass is 9.92. The molecule has 21 heavy (non-hydrogen) atoms. The van der Waals surface area contributed by atoms with Crippen molar-refractivity contribution in [2.75, 3.05) is 4.90 Å². The maximum absolute atomic E-state index is 7.08. The van der Waals surface area contributed by atoms with E-state index in [0.29, 0.717) is 11.7 Å². The summed E-state index contributed by atoms with van der Waals surface area (Å²) in [5.41, 5.74) is 4.79. The molecule has 0 saturated heterocycles. The summed E-state index contributed by atoms with van der Waals surface area (Å²) in [6.45, 7) is 13.8. The second-order valence-corrected chi connectivity index (χ2v) is 5.47. The topological polar surface area (TPSA) is 7.60 Å². The number of anilines is 1. The predicted octanol–water partition coefficient (Wildman–Crippen LogP) is 5.86. The van der Waals surface area contributed by atoms with Gasteiger partial charge in [-0.15, -0.1) is 0 Å². The number of benzene rings is 1. The van der Waals surface area contributed by atoms with Crippen molar-refractivity contribution in [2.45, 2.75) is 52.5 Å². The molecule has 1 unspecified atom stereocenters. The van der Waals surface area contributed by atoms with E-state index in [4.69, 9.17) is 6.57 Å². The van der Waals surface area contributed by atoms with Crippen LogP contribution >= 0.6 is 0 Å². The first-order chi connectivity index (χ1) is 10.2. The van der Waals surface area contributed by atoms with Crippen LogP contribution in [0, 0.1) is 6.57 Å². The maximum atomic E-state index is 7.08. The largest absolute Gasteiger partial charge is 0.341 e. The molecule has 0 saturated carbocycles. The number of rotatable bonds is 5. The highest BCUT2D eigenvalue weighted by Crippen LogP contribution is 2.32. The normalized spacial score (nSPS) is 18.0. The van der Waals surface area contributed by atoms with Crippen molar-refractivity contribution < 1.29 is 0 Å². The van der Waals surface area contributed by atoms with Crippen molar-refractivity contribution in [3.8, 4) is 0 Å². The van der Waals surface area contributed by atoms with Crippen LogP contribution in [0.5, 0.6) is 0 Å². The molecule has 2 nitrogen and oxygen atoms in total. The number of hydrogen-bond donors (Lipinski definition) is 0. The molecule has 1 aromatic carbocycles. The van der Waals surface area contributed by atoms with Gasteiger partial charge in [0.25, 0.3) is 0 Å². The van der Waals surface area contributed by atoms with E-state index in [-0.39, 0.29) is 0 Å². The van der Waals surface area contributed by atoms with Crippen molar-refractivity contribution in [1.82, 2.24) is 0 Å². The standard InChI is InChI=1S/C19H24N2/c1-5-8-19-16(7-3)13-15(6-2)14-21(19)18-11-9-17(20-4)10-12-18/h9-14,19H,5-8H2,1-3H3. The van der Waals surface area contributed by atoms with Gasteiger partial charge in [-0.3, -0.25) is 0 Å². The van der Waals surface area contributed by atoms with Gasteiger partial charge < -0.3 is 4.90 Å². The minimum atomic E-state index is 0.453. The Morgan fingerprint density at radius 1 is 1.10 bits per heavy atom. The predicted molar refractivity (Wildman–Crippen MR) is 90.6 cm³/mol. The first kappa shape index (κ1) is 15.4. The van der Waals surface area contributed by atoms with Crippen LogP contribution in [-0.2, 0) is 0 Å². The van der Waals surface area contributed by atoms with E-state index in [9.17, 15) is 0 Å². The molecule has 0 N–H and O–H groups in total. The molecule has 0 aromatic heterocycles. The van der Waals surface area contributed by atoms with Gasteiger partial charge in [-0.25, -0.2) is 4.85 Å². The van der Waals surface area contributed by atoms with Gasteiger partial charge in [0.05, 0.1) is 12.6 Å². The van der Waals surface area contributed by atoms with Crippen molar-refractivity contribution in [1.29, 1.82) is 0 Å². The van der Waals surface area contributed by atoms with E-state index in [1.165, 1.54) is 23.3 Å². The van der Waals surface area contributed by atoms with E-state index in [0.717, 1.165) is 19.3 Å². The number of hydrogen-bond acceptors (Lipinski definition) is 1. The molecule has 0 fully saturated rings. The minimum Gasteiger partial charge on any atom is -0.341 e. The van der Waals surface area contributed by atoms with Crippen molar-refractivity contribution in [3.63, 3.8) is 0 Å². The molecule has 2 heteroatoms. The van der Waals surface area contributed by atoms with Crippen LogP contribution in [-0.4, -0.2) is 6.04 Å². The Balaban J connectivity index is 2.39. The summed E-state index contributed by atoms with van der Waals surface area (Å²) in [7, 11) is 0. The third-order valence-corrected chi connectivity index (χ3v) is 4.10. The zero-order chi connectivity index (χ0) is 15.2. The van der Waals surface area contributed by atoms with Crippen LogP contribution in [0.25, 0.3) is 4.85 Å². The average Bonchev–Trinajstić information content (AvgIpc) is 2.55. The van der Waals surface area contributed by atoms with Gasteiger partial charge >= 0.3 is 0 Å². The van der Waals surface area contributed by atoms with Crippen LogP contribution < -0.4 is 4.90 Å². The lowest BCUT2D eigenvalue weighted by molar-refractivity contribution is 0.626. The zero-order valence-corrected chi connectivity index (χ0v) is 13.3. The summed E-state index contributed by atoms with van der Waals surface area (Å²) in [5.74, 6) is 0. The first-order valence-corrected chi connectivity index (χ1v) is 7.90. The molecule has 0 amide bonds. The van der Waals surface area contributed by atoms with Crippen molar-refractivity contribution in [3.05, 3.63) is 59.1 Å². The Kier molecular flexibility index (Phi) is 5.22. The molecule has 1 aliphatic rings. The summed E-state index contributed by atoms with van der Waals surface area (Å²) in [5, 5.41) is 0. The van der Waals surface area contributed by atoms with Gasteiger partial charge in [0.1, 0.15) is 0 Å². The lowest BCUT2D eigenvalue weighted by Crippen LogP contribution is -2.35. The summed E-state index contributed by atoms with van der Waals surface area (Å²) in [6.07, 6.45) is 9.15. The molecule has 1 atom stereocenters. The monoisotopic (exact) mass is 280 g/mol. The summed E-state index contributed by atoms with van der Waals surface area (Å²) >= 11 is 0. The average molecular weight is 280 g/mol. The second kappa shape index (κ2) is 7.13. The fourth-order valence-electron chi connectivity index (χ4n) is 2.90. The van der Waals surface area contributed by atoms with Gasteiger partial charge in [-0.1, -0.05) is 45.4 Å². The van der Waals surface area contributed by atoms with Crippen LogP contribution in [0.1, 0.15) is 46.5 Å². The highest BCUT2D eigenvalue weighted by molar-refractivity contribution is 5.60. The lowest BCUT2D eigenvalue weighted by Gasteiger charge is -2.36. The fraction of sp³-hybridized carbons (Fsp3) is 0.421. The third-order valence-electron chi connectivity index (χ3n) is 4.10. The van der Waals surface area contributed by atoms with Crippen LogP contribution in [0.4, 0.5) is 11.4 Å². The quantitative estimate of drug-likeness (QED) is 0.613. The molecule has 0 aliphatic carbocycles. The highest BCUT2D eigenvalue weighted by atomic mass is 15.2. The van der Waals surface area contributed by atoms with Crippen molar-refractivity contribution in [2.24, 2.45) is 0 Å². The van der Waals surface area contributed by atoms with Gasteiger partial charge in [0, 0.05) is 11.9 Å². The molecule has 0 bridgehead atoms. The second-order valence-electron chi connectivity index (χ2n) is 5.47. The fourth-order valence-corrected chi connectivity index (χ4v) is 2.90. The summed E-state index contributed by atoms with van der Waals surface area (Å²) < 4.78 is 0. The van der Waals surface area contributed by atoms with Crippen LogP contribution in [0.3, 0.4) is 0 Å². The smallest absolute Gasteiger partial charge is 0.187 e. The Morgan fingerprint density at radius 2 is 1.81 bits per heavy atom. The highest BCUT2D eigenvalue weighted by Gasteiger charge is 2.23. The van der Waals surface area contributed by atoms with Gasteiger partial charge in [-0.2, -0.15) is 0 Å². The number of allylic oxidation sites excluding steroid dienone is 2. The first-order valence-electron chi connectivity index (χ1n) is 7.90. The van der Waals surface area contributed by atoms with Crippen LogP contribution in [0.15, 0.2) is 47.7 Å². The van der Waals surface area contributed by atoms with Gasteiger partial charge in [0.2, 0.25) is 0 Å². The number of nitrogens with zero attached hydrogens (tertiary/aromatic N) is 2. The molecule has 1 heterocycles. The minimum absolute atomic E-state index is 0.453. The SMILES string of the molecule is [C-]#[N+]c1ccc(N2C=C(CC)C=C(CC)C2CCC)cc1. The molecule has 2 rings (SSSR count). The molecular weight excluding hydrogens is 256 g/mol. The van der Waals surface area contributed by atoms with E-state index < -0.39 is 0 Å². The molecule has 0 spiro atoms. The van der Waals surface area contributed by atoms with Crippen molar-refractivity contribution >= 4 is 11.4 Å². The molecule has 1 aromatic rings. The summed E-state index contributed by atoms with van der Waals surface area (Å²) in [4.78, 5) is 5.88. The van der Waals surface area contributed by atoms with E-state index in [2.05, 4.69) is 54.9 Å². The summed E-state index contributed by atoms with van der Waals surface area (Å²) in [6, 6.07) is 8.41. The molecular formula is C19H24N2. The van der Waals surface area contributed by atoms with E-state index in [1.807, 2.05) is 12.1 Å². The van der Waals surface area contributed by atoms with Gasteiger partial charge in [0.15, 0.2) is 5.69 Å². The Labute approximate surface area is 128 Å². The Hall–Kier alpha value is -2.01. The Morgan fingerprint density at radius 3 is 2.33 bits per heavy atom. The van der Waals surface area contributed by atoms with E-state index in [1.54, 1.807) is 0 Å². The van der Waals surface area contributed by atoms with Crippen LogP contribution in [0.2, 0.25) is 0 Å².